The lowest BCUT2D eigenvalue weighted by molar-refractivity contribution is 0.798. The zero-order valence-electron chi connectivity index (χ0n) is 13.2. The van der Waals surface area contributed by atoms with Crippen molar-refractivity contribution in [3.05, 3.63) is 50.8 Å². The Labute approximate surface area is 142 Å². The highest BCUT2D eigenvalue weighted by atomic mass is 32.1. The van der Waals surface area contributed by atoms with E-state index in [9.17, 15) is 4.79 Å². The summed E-state index contributed by atoms with van der Waals surface area (Å²) in [6.07, 6.45) is 3.47. The average Bonchev–Trinajstić information content (AvgIpc) is 3.16. The Morgan fingerprint density at radius 3 is 2.88 bits per heavy atom. The molecule has 120 valence electrons. The number of nitrogen functional groups attached to an aromatic ring is 1. The van der Waals surface area contributed by atoms with E-state index < -0.39 is 0 Å². The Bertz CT molecular complexity index is 1070. The molecule has 6 nitrogen and oxygen atoms in total. The molecule has 24 heavy (non-hydrogen) atoms. The van der Waals surface area contributed by atoms with Crippen LogP contribution in [0.2, 0.25) is 0 Å². The molecular formula is C17H15N5OS. The van der Waals surface area contributed by atoms with E-state index in [1.807, 2.05) is 38.1 Å². The Morgan fingerprint density at radius 1 is 1.29 bits per heavy atom. The van der Waals surface area contributed by atoms with Gasteiger partial charge in [-0.05, 0) is 12.1 Å². The minimum Gasteiger partial charge on any atom is -0.383 e. The van der Waals surface area contributed by atoms with Gasteiger partial charge in [0.05, 0.1) is 11.3 Å². The van der Waals surface area contributed by atoms with E-state index in [0.29, 0.717) is 16.3 Å². The molecule has 2 N–H and O–H groups in total. The number of hydrogen-bond donors (Lipinski definition) is 1. The first kappa shape index (κ1) is 14.8. The topological polar surface area (TPSA) is 85.6 Å². The maximum Gasteiger partial charge on any atom is 0.283 e. The summed E-state index contributed by atoms with van der Waals surface area (Å²) in [6.45, 7) is 4.09. The highest BCUT2D eigenvalue weighted by Gasteiger charge is 2.17. The number of para-hydroxylation sites is 1. The van der Waals surface area contributed by atoms with Gasteiger partial charge in [0, 0.05) is 23.3 Å². The molecular weight excluding hydrogens is 322 g/mol. The Kier molecular flexibility index (Phi) is 3.31. The molecule has 0 fully saturated rings. The highest BCUT2D eigenvalue weighted by molar-refractivity contribution is 7.16. The molecule has 3 heterocycles. The van der Waals surface area contributed by atoms with Gasteiger partial charge in [-0.1, -0.05) is 43.4 Å². The lowest BCUT2D eigenvalue weighted by atomic mass is 10.1. The predicted octanol–water partition coefficient (Wildman–Crippen LogP) is 3.11. The Balaban J connectivity index is 1.91. The van der Waals surface area contributed by atoms with Crippen molar-refractivity contribution in [3.8, 4) is 0 Å². The summed E-state index contributed by atoms with van der Waals surface area (Å²) in [5, 5.41) is 5.37. The molecule has 0 aliphatic carbocycles. The van der Waals surface area contributed by atoms with E-state index in [4.69, 9.17) is 5.73 Å². The van der Waals surface area contributed by atoms with Crippen LogP contribution in [0.1, 0.15) is 35.9 Å². The van der Waals surface area contributed by atoms with Crippen molar-refractivity contribution in [3.63, 3.8) is 0 Å². The molecule has 0 saturated carbocycles. The maximum absolute atomic E-state index is 12.4. The fourth-order valence-corrected chi connectivity index (χ4v) is 3.47. The first-order valence-electron chi connectivity index (χ1n) is 7.59. The molecule has 7 heteroatoms. The number of hydrogen-bond acceptors (Lipinski definition) is 6. The first-order chi connectivity index (χ1) is 11.5. The van der Waals surface area contributed by atoms with Crippen LogP contribution in [-0.2, 0) is 0 Å². The van der Waals surface area contributed by atoms with Gasteiger partial charge in [0.1, 0.15) is 10.8 Å². The van der Waals surface area contributed by atoms with Crippen molar-refractivity contribution in [2.45, 2.75) is 19.8 Å². The van der Waals surface area contributed by atoms with Crippen LogP contribution in [0.5, 0.6) is 0 Å². The quantitative estimate of drug-likeness (QED) is 0.778. The number of nitrogens with two attached hydrogens (primary N) is 1. The maximum atomic E-state index is 12.4. The molecule has 0 amide bonds. The summed E-state index contributed by atoms with van der Waals surface area (Å²) in [5.74, 6) is 0.556. The molecule has 1 aromatic carbocycles. The number of aliphatic imine (C=N–C) groups is 1. The molecule has 0 radical (unpaired) electrons. The number of fused-ring (bicyclic) bond motifs is 2. The first-order valence-corrected chi connectivity index (χ1v) is 8.40. The standard InChI is InChI=1S/C17H15N5OS/c1-9(2)16-21-22-14(18)12(15(23)20-17(22)24-16)7-10-8-19-13-6-4-3-5-11(10)13/h3-9H,18H2,1-2H3/b10-7+. The number of aromatic nitrogens is 3. The average molecular weight is 337 g/mol. The number of nitrogens with zero attached hydrogens (tertiary/aromatic N) is 4. The minimum absolute atomic E-state index is 0.252. The van der Waals surface area contributed by atoms with Crippen LogP contribution in [-0.4, -0.2) is 20.8 Å². The molecule has 2 aromatic heterocycles. The van der Waals surface area contributed by atoms with E-state index >= 15 is 0 Å². The fourth-order valence-electron chi connectivity index (χ4n) is 2.57. The molecule has 0 saturated heterocycles. The lowest BCUT2D eigenvalue weighted by Crippen LogP contribution is -2.16. The van der Waals surface area contributed by atoms with Crippen LogP contribution in [0.25, 0.3) is 16.6 Å². The highest BCUT2D eigenvalue weighted by Crippen LogP contribution is 2.32. The fraction of sp³-hybridized carbons (Fsp3) is 0.176. The number of allylic oxidation sites excluding steroid dienone is 1. The second kappa shape index (κ2) is 5.38. The van der Waals surface area contributed by atoms with Gasteiger partial charge in [0.2, 0.25) is 4.96 Å². The van der Waals surface area contributed by atoms with E-state index in [1.54, 1.807) is 16.8 Å². The van der Waals surface area contributed by atoms with E-state index in [2.05, 4.69) is 15.1 Å². The van der Waals surface area contributed by atoms with Crippen molar-refractivity contribution in [1.82, 2.24) is 14.6 Å². The molecule has 0 spiro atoms. The van der Waals surface area contributed by atoms with Crippen molar-refractivity contribution in [2.24, 2.45) is 4.99 Å². The second-order valence-electron chi connectivity index (χ2n) is 5.88. The third-order valence-electron chi connectivity index (χ3n) is 3.86. The van der Waals surface area contributed by atoms with Crippen molar-refractivity contribution >= 4 is 45.7 Å². The summed E-state index contributed by atoms with van der Waals surface area (Å²) in [6, 6.07) is 7.76. The van der Waals surface area contributed by atoms with E-state index in [1.165, 1.54) is 11.3 Å². The predicted molar refractivity (Wildman–Crippen MR) is 98.1 cm³/mol. The number of anilines is 1. The molecule has 1 aliphatic heterocycles. The van der Waals surface area contributed by atoms with E-state index in [0.717, 1.165) is 21.8 Å². The largest absolute Gasteiger partial charge is 0.383 e. The van der Waals surface area contributed by atoms with Crippen LogP contribution in [0.4, 0.5) is 11.5 Å². The Morgan fingerprint density at radius 2 is 2.08 bits per heavy atom. The van der Waals surface area contributed by atoms with Crippen molar-refractivity contribution in [1.29, 1.82) is 0 Å². The zero-order valence-corrected chi connectivity index (χ0v) is 14.0. The van der Waals surface area contributed by atoms with Gasteiger partial charge in [-0.15, -0.1) is 0 Å². The SMILES string of the molecule is CC(C)c1nn2c(N)c(/C=C3\C=Nc4ccccc43)c(=O)nc2s1. The third-order valence-corrected chi connectivity index (χ3v) is 5.07. The van der Waals surface area contributed by atoms with Gasteiger partial charge in [-0.2, -0.15) is 14.6 Å². The molecule has 1 aliphatic rings. The van der Waals surface area contributed by atoms with Crippen molar-refractivity contribution < 1.29 is 0 Å². The number of benzene rings is 1. The van der Waals surface area contributed by atoms with Gasteiger partial charge in [0.25, 0.3) is 5.56 Å². The van der Waals surface area contributed by atoms with Gasteiger partial charge in [0.15, 0.2) is 0 Å². The zero-order chi connectivity index (χ0) is 16.8. The second-order valence-corrected chi connectivity index (χ2v) is 6.87. The van der Waals surface area contributed by atoms with Gasteiger partial charge < -0.3 is 5.73 Å². The van der Waals surface area contributed by atoms with Gasteiger partial charge >= 0.3 is 0 Å². The summed E-state index contributed by atoms with van der Waals surface area (Å²) in [5.41, 5.74) is 8.90. The van der Waals surface area contributed by atoms with Gasteiger partial charge in [-0.25, -0.2) is 0 Å². The van der Waals surface area contributed by atoms with Crippen LogP contribution in [0.3, 0.4) is 0 Å². The number of rotatable bonds is 2. The smallest absolute Gasteiger partial charge is 0.283 e. The monoisotopic (exact) mass is 337 g/mol. The molecule has 4 rings (SSSR count). The normalized spacial score (nSPS) is 14.9. The lowest BCUT2D eigenvalue weighted by Gasteiger charge is -2.03. The van der Waals surface area contributed by atoms with E-state index in [-0.39, 0.29) is 11.5 Å². The minimum atomic E-state index is -0.350. The summed E-state index contributed by atoms with van der Waals surface area (Å²) < 4.78 is 1.55. The van der Waals surface area contributed by atoms with Crippen LogP contribution in [0, 0.1) is 0 Å². The van der Waals surface area contributed by atoms with Crippen LogP contribution < -0.4 is 11.3 Å². The summed E-state index contributed by atoms with van der Waals surface area (Å²) in [7, 11) is 0. The molecule has 0 atom stereocenters. The van der Waals surface area contributed by atoms with Gasteiger partial charge in [-0.3, -0.25) is 9.79 Å². The molecule has 0 unspecified atom stereocenters. The Hall–Kier alpha value is -2.80. The molecule has 3 aromatic rings. The third kappa shape index (κ3) is 2.25. The van der Waals surface area contributed by atoms with Crippen LogP contribution in [0.15, 0.2) is 34.1 Å². The molecule has 0 bridgehead atoms. The van der Waals surface area contributed by atoms with Crippen LogP contribution >= 0.6 is 11.3 Å². The van der Waals surface area contributed by atoms with Crippen molar-refractivity contribution in [2.75, 3.05) is 5.73 Å². The summed E-state index contributed by atoms with van der Waals surface area (Å²) >= 11 is 1.39. The summed E-state index contributed by atoms with van der Waals surface area (Å²) in [4.78, 5) is 21.4.